The molecule has 3 rings (SSSR count). The van der Waals surface area contributed by atoms with Crippen molar-refractivity contribution in [1.82, 2.24) is 9.88 Å². The van der Waals surface area contributed by atoms with Gasteiger partial charge in [-0.15, -0.1) is 0 Å². The third-order valence-electron chi connectivity index (χ3n) is 5.33. The molecule has 0 bridgehead atoms. The van der Waals surface area contributed by atoms with Crippen molar-refractivity contribution in [3.8, 4) is 5.75 Å². The van der Waals surface area contributed by atoms with Gasteiger partial charge in [0.15, 0.2) is 0 Å². The molecule has 1 aromatic heterocycles. The number of hydrogen-bond acceptors (Lipinski definition) is 4. The fourth-order valence-corrected chi connectivity index (χ4v) is 3.67. The highest BCUT2D eigenvalue weighted by Crippen LogP contribution is 2.34. The van der Waals surface area contributed by atoms with Crippen LogP contribution in [0.25, 0.3) is 0 Å². The first-order valence-corrected chi connectivity index (χ1v) is 9.67. The van der Waals surface area contributed by atoms with E-state index in [0.717, 1.165) is 11.3 Å². The van der Waals surface area contributed by atoms with Crippen molar-refractivity contribution in [3.05, 3.63) is 60.4 Å². The highest BCUT2D eigenvalue weighted by atomic mass is 16.5. The molecule has 6 nitrogen and oxygen atoms in total. The van der Waals surface area contributed by atoms with Gasteiger partial charge in [0, 0.05) is 31.9 Å². The Morgan fingerprint density at radius 3 is 2.71 bits per heavy atom. The topological polar surface area (TPSA) is 79.7 Å². The predicted octanol–water partition coefficient (Wildman–Crippen LogP) is 3.18. The quantitative estimate of drug-likeness (QED) is 0.758. The molecule has 6 heteroatoms. The number of nitrogens with zero attached hydrogens (tertiary/aromatic N) is 2. The van der Waals surface area contributed by atoms with Gasteiger partial charge in [0.1, 0.15) is 5.75 Å². The number of carbonyl (C=O) groups is 2. The number of pyridine rings is 1. The van der Waals surface area contributed by atoms with Crippen molar-refractivity contribution >= 4 is 11.9 Å². The van der Waals surface area contributed by atoms with Crippen LogP contribution in [-0.4, -0.2) is 46.6 Å². The van der Waals surface area contributed by atoms with Gasteiger partial charge in [-0.1, -0.05) is 24.3 Å². The Morgan fingerprint density at radius 1 is 1.18 bits per heavy atom. The monoisotopic (exact) mass is 382 g/mol. The summed E-state index contributed by atoms with van der Waals surface area (Å²) >= 11 is 0. The first-order chi connectivity index (χ1) is 13.6. The summed E-state index contributed by atoms with van der Waals surface area (Å²) in [4.78, 5) is 30.5. The molecule has 1 amide bonds. The number of carboxylic acid groups (broad SMARTS) is 1. The van der Waals surface area contributed by atoms with Gasteiger partial charge in [-0.25, -0.2) is 0 Å². The summed E-state index contributed by atoms with van der Waals surface area (Å²) in [7, 11) is 0. The molecule has 2 heterocycles. The van der Waals surface area contributed by atoms with Crippen LogP contribution < -0.4 is 4.74 Å². The Bertz CT molecular complexity index is 782. The molecule has 1 atom stereocenters. The largest absolute Gasteiger partial charge is 0.494 e. The summed E-state index contributed by atoms with van der Waals surface area (Å²) in [6.45, 7) is 1.17. The number of aromatic nitrogens is 1. The number of para-hydroxylation sites is 1. The number of hydrogen-bond donors (Lipinski definition) is 1. The lowest BCUT2D eigenvalue weighted by Crippen LogP contribution is -2.50. The van der Waals surface area contributed by atoms with Crippen molar-refractivity contribution in [2.24, 2.45) is 5.41 Å². The van der Waals surface area contributed by atoms with Gasteiger partial charge in [0.05, 0.1) is 12.0 Å². The van der Waals surface area contributed by atoms with Gasteiger partial charge in [-0.05, 0) is 49.4 Å². The second kappa shape index (κ2) is 9.35. The van der Waals surface area contributed by atoms with E-state index in [4.69, 9.17) is 4.74 Å². The van der Waals surface area contributed by atoms with Crippen LogP contribution >= 0.6 is 0 Å². The van der Waals surface area contributed by atoms with Crippen molar-refractivity contribution in [2.45, 2.75) is 32.1 Å². The number of aryl methyl sites for hydroxylation is 1. The van der Waals surface area contributed by atoms with E-state index >= 15 is 0 Å². The molecule has 0 saturated carbocycles. The van der Waals surface area contributed by atoms with Crippen LogP contribution in [0.2, 0.25) is 0 Å². The van der Waals surface area contributed by atoms with E-state index in [0.29, 0.717) is 45.3 Å². The molecule has 1 unspecified atom stereocenters. The van der Waals surface area contributed by atoms with Crippen LogP contribution in [-0.2, 0) is 16.0 Å². The zero-order chi connectivity index (χ0) is 19.8. The molecule has 1 N–H and O–H groups in total. The lowest BCUT2D eigenvalue weighted by molar-refractivity contribution is -0.156. The summed E-state index contributed by atoms with van der Waals surface area (Å²) in [5, 5.41) is 9.89. The normalized spacial score (nSPS) is 19.2. The van der Waals surface area contributed by atoms with E-state index < -0.39 is 11.4 Å². The van der Waals surface area contributed by atoms with Crippen molar-refractivity contribution in [2.75, 3.05) is 19.7 Å². The highest BCUT2D eigenvalue weighted by Gasteiger charge is 2.43. The minimum atomic E-state index is -0.947. The third-order valence-corrected chi connectivity index (χ3v) is 5.33. The maximum atomic E-state index is 12.7. The second-order valence-corrected chi connectivity index (χ2v) is 7.28. The van der Waals surface area contributed by atoms with E-state index in [2.05, 4.69) is 4.98 Å². The van der Waals surface area contributed by atoms with Crippen molar-refractivity contribution < 1.29 is 19.4 Å². The van der Waals surface area contributed by atoms with Gasteiger partial charge in [-0.2, -0.15) is 0 Å². The van der Waals surface area contributed by atoms with Gasteiger partial charge < -0.3 is 14.7 Å². The van der Waals surface area contributed by atoms with Crippen LogP contribution in [0.1, 0.15) is 31.2 Å². The van der Waals surface area contributed by atoms with Gasteiger partial charge in [0.2, 0.25) is 5.91 Å². The number of carboxylic acids is 1. The standard InChI is InChI=1S/C22H26N2O4/c25-20(10-9-18-6-4-13-23-16-18)24-14-5-11-22(17-24,21(26)27)12-15-28-19-7-2-1-3-8-19/h1-4,6-8,13,16H,5,9-12,14-15,17H2,(H,26,27). The molecule has 0 radical (unpaired) electrons. The summed E-state index contributed by atoms with van der Waals surface area (Å²) in [6, 6.07) is 13.2. The molecular formula is C22H26N2O4. The molecule has 28 heavy (non-hydrogen) atoms. The minimum absolute atomic E-state index is 0.00171. The van der Waals surface area contributed by atoms with Gasteiger partial charge >= 0.3 is 5.97 Å². The number of rotatable bonds is 8. The zero-order valence-corrected chi connectivity index (χ0v) is 15.9. The van der Waals surface area contributed by atoms with Crippen LogP contribution in [0.5, 0.6) is 5.75 Å². The Balaban J connectivity index is 1.57. The Hall–Kier alpha value is -2.89. The number of likely N-dealkylation sites (tertiary alicyclic amines) is 1. The lowest BCUT2D eigenvalue weighted by atomic mass is 9.77. The number of ether oxygens (including phenoxy) is 1. The average Bonchev–Trinajstić information content (AvgIpc) is 2.73. The van der Waals surface area contributed by atoms with Crippen LogP contribution in [0.3, 0.4) is 0 Å². The molecule has 1 aromatic carbocycles. The second-order valence-electron chi connectivity index (χ2n) is 7.28. The molecule has 1 saturated heterocycles. The number of amides is 1. The third kappa shape index (κ3) is 5.09. The fraction of sp³-hybridized carbons (Fsp3) is 0.409. The highest BCUT2D eigenvalue weighted by molar-refractivity contribution is 5.80. The molecule has 2 aromatic rings. The molecular weight excluding hydrogens is 356 g/mol. The number of carbonyl (C=O) groups excluding carboxylic acids is 1. The molecule has 1 aliphatic rings. The maximum Gasteiger partial charge on any atom is 0.311 e. The predicted molar refractivity (Wildman–Crippen MR) is 105 cm³/mol. The summed E-state index contributed by atoms with van der Waals surface area (Å²) in [5.41, 5.74) is 0.0606. The molecule has 0 spiro atoms. The molecule has 148 valence electrons. The lowest BCUT2D eigenvalue weighted by Gasteiger charge is -2.40. The average molecular weight is 382 g/mol. The summed E-state index contributed by atoms with van der Waals surface area (Å²) < 4.78 is 5.71. The van der Waals surface area contributed by atoms with Gasteiger partial charge in [0.25, 0.3) is 0 Å². The van der Waals surface area contributed by atoms with Crippen LogP contribution in [0.15, 0.2) is 54.9 Å². The van der Waals surface area contributed by atoms with Crippen LogP contribution in [0.4, 0.5) is 0 Å². The van der Waals surface area contributed by atoms with E-state index in [1.54, 1.807) is 17.3 Å². The maximum absolute atomic E-state index is 12.7. The molecule has 0 aliphatic carbocycles. The number of piperidine rings is 1. The Labute approximate surface area is 165 Å². The first-order valence-electron chi connectivity index (χ1n) is 9.67. The summed E-state index contributed by atoms with van der Waals surface area (Å²) in [5.74, 6) is -0.129. The van der Waals surface area contributed by atoms with Gasteiger partial charge in [-0.3, -0.25) is 14.6 Å². The SMILES string of the molecule is O=C(CCc1cccnc1)N1CCCC(CCOc2ccccc2)(C(=O)O)C1. The van der Waals surface area contributed by atoms with E-state index in [-0.39, 0.29) is 12.5 Å². The fourth-order valence-electron chi connectivity index (χ4n) is 3.67. The molecule has 1 fully saturated rings. The smallest absolute Gasteiger partial charge is 0.311 e. The van der Waals surface area contributed by atoms with E-state index in [9.17, 15) is 14.7 Å². The number of benzene rings is 1. The first kappa shape index (κ1) is 19.9. The van der Waals surface area contributed by atoms with E-state index in [1.807, 2.05) is 42.5 Å². The number of aliphatic carboxylic acids is 1. The van der Waals surface area contributed by atoms with Crippen molar-refractivity contribution in [1.29, 1.82) is 0 Å². The van der Waals surface area contributed by atoms with Crippen LogP contribution in [0, 0.1) is 5.41 Å². The molecule has 1 aliphatic heterocycles. The van der Waals surface area contributed by atoms with E-state index in [1.165, 1.54) is 0 Å². The minimum Gasteiger partial charge on any atom is -0.494 e. The Morgan fingerprint density at radius 2 is 2.00 bits per heavy atom. The zero-order valence-electron chi connectivity index (χ0n) is 15.9. The van der Waals surface area contributed by atoms with Crippen molar-refractivity contribution in [3.63, 3.8) is 0 Å². The summed E-state index contributed by atoms with van der Waals surface area (Å²) in [6.07, 6.45) is 6.07. The Kier molecular flexibility index (Phi) is 6.63.